The van der Waals surface area contributed by atoms with Gasteiger partial charge in [-0.15, -0.1) is 0 Å². The van der Waals surface area contributed by atoms with Gasteiger partial charge < -0.3 is 10.1 Å². The van der Waals surface area contributed by atoms with E-state index in [2.05, 4.69) is 10.3 Å². The highest BCUT2D eigenvalue weighted by Crippen LogP contribution is 2.18. The van der Waals surface area contributed by atoms with Gasteiger partial charge in [-0.3, -0.25) is 9.78 Å². The van der Waals surface area contributed by atoms with Gasteiger partial charge in [0.25, 0.3) is 0 Å². The lowest BCUT2D eigenvalue weighted by atomic mass is 10.4. The minimum atomic E-state index is -0.305. The first-order valence-corrected chi connectivity index (χ1v) is 4.61. The van der Waals surface area contributed by atoms with Gasteiger partial charge in [-0.25, -0.2) is 0 Å². The van der Waals surface area contributed by atoms with Crippen LogP contribution < -0.4 is 5.32 Å². The van der Waals surface area contributed by atoms with Crippen LogP contribution in [0.2, 0.25) is 5.02 Å². The molecule has 76 valence electrons. The van der Waals surface area contributed by atoms with E-state index >= 15 is 0 Å². The van der Waals surface area contributed by atoms with E-state index in [0.29, 0.717) is 17.3 Å². The zero-order valence-corrected chi connectivity index (χ0v) is 8.54. The van der Waals surface area contributed by atoms with Crippen LogP contribution in [-0.2, 0) is 9.53 Å². The molecule has 0 aliphatic heterocycles. The zero-order chi connectivity index (χ0) is 10.4. The molecule has 1 aromatic heterocycles. The number of hydrogen-bond donors (Lipinski definition) is 1. The summed E-state index contributed by atoms with van der Waals surface area (Å²) >= 11 is 5.81. The van der Waals surface area contributed by atoms with Gasteiger partial charge in [0.1, 0.15) is 6.54 Å². The summed E-state index contributed by atoms with van der Waals surface area (Å²) < 4.78 is 4.74. The van der Waals surface area contributed by atoms with E-state index in [4.69, 9.17) is 16.3 Å². The van der Waals surface area contributed by atoms with Crippen molar-refractivity contribution in [3.8, 4) is 0 Å². The van der Waals surface area contributed by atoms with Crippen LogP contribution >= 0.6 is 11.6 Å². The molecule has 14 heavy (non-hydrogen) atoms. The molecular formula is C9H11ClN2O2. The first kappa shape index (κ1) is 10.8. The molecule has 0 radical (unpaired) electrons. The molecule has 0 aromatic carbocycles. The minimum absolute atomic E-state index is 0.109. The van der Waals surface area contributed by atoms with Gasteiger partial charge in [-0.1, -0.05) is 11.6 Å². The van der Waals surface area contributed by atoms with Crippen molar-refractivity contribution in [2.75, 3.05) is 18.5 Å². The van der Waals surface area contributed by atoms with Gasteiger partial charge in [0, 0.05) is 12.4 Å². The lowest BCUT2D eigenvalue weighted by Gasteiger charge is -2.06. The van der Waals surface area contributed by atoms with Crippen LogP contribution in [0, 0.1) is 0 Å². The van der Waals surface area contributed by atoms with E-state index in [1.54, 1.807) is 19.2 Å². The molecule has 0 spiro atoms. The number of carbonyl (C=O) groups is 1. The van der Waals surface area contributed by atoms with Crippen LogP contribution in [0.15, 0.2) is 18.5 Å². The summed E-state index contributed by atoms with van der Waals surface area (Å²) in [6.07, 6.45) is 3.11. The van der Waals surface area contributed by atoms with Crippen molar-refractivity contribution in [1.82, 2.24) is 4.98 Å². The molecule has 0 saturated heterocycles. The van der Waals surface area contributed by atoms with E-state index in [1.807, 2.05) is 0 Å². The van der Waals surface area contributed by atoms with Crippen LogP contribution in [0.1, 0.15) is 6.92 Å². The summed E-state index contributed by atoms with van der Waals surface area (Å²) in [5.74, 6) is -0.305. The number of rotatable bonds is 4. The molecule has 1 N–H and O–H groups in total. The third-order valence-electron chi connectivity index (χ3n) is 1.50. The van der Waals surface area contributed by atoms with E-state index in [-0.39, 0.29) is 12.5 Å². The highest BCUT2D eigenvalue weighted by atomic mass is 35.5. The predicted molar refractivity (Wildman–Crippen MR) is 54.4 cm³/mol. The van der Waals surface area contributed by atoms with Crippen LogP contribution in [0.5, 0.6) is 0 Å². The van der Waals surface area contributed by atoms with Crippen LogP contribution in [0.3, 0.4) is 0 Å². The first-order valence-electron chi connectivity index (χ1n) is 4.23. The van der Waals surface area contributed by atoms with Gasteiger partial charge >= 0.3 is 5.97 Å². The van der Waals surface area contributed by atoms with Crippen molar-refractivity contribution in [3.05, 3.63) is 23.5 Å². The number of halogens is 1. The van der Waals surface area contributed by atoms with E-state index in [0.717, 1.165) is 0 Å². The van der Waals surface area contributed by atoms with Gasteiger partial charge in [0.05, 0.1) is 17.3 Å². The maximum atomic E-state index is 11.0. The molecule has 0 amide bonds. The topological polar surface area (TPSA) is 51.2 Å². The van der Waals surface area contributed by atoms with Crippen molar-refractivity contribution >= 4 is 23.3 Å². The van der Waals surface area contributed by atoms with Crippen molar-refractivity contribution in [1.29, 1.82) is 0 Å². The van der Waals surface area contributed by atoms with Crippen molar-refractivity contribution in [2.45, 2.75) is 6.92 Å². The Labute approximate surface area is 87.2 Å². The molecule has 0 aliphatic rings. The highest BCUT2D eigenvalue weighted by molar-refractivity contribution is 6.33. The molecule has 0 atom stereocenters. The number of hydrogen-bond acceptors (Lipinski definition) is 4. The first-order chi connectivity index (χ1) is 6.74. The number of anilines is 1. The number of nitrogens with zero attached hydrogens (tertiary/aromatic N) is 1. The summed E-state index contributed by atoms with van der Waals surface area (Å²) in [6.45, 7) is 2.25. The standard InChI is InChI=1S/C9H11ClN2O2/c1-2-14-9(13)6-12-8-3-4-11-5-7(8)10/h3-5H,2,6H2,1H3,(H,11,12). The average molecular weight is 215 g/mol. The van der Waals surface area contributed by atoms with Crippen molar-refractivity contribution < 1.29 is 9.53 Å². The molecule has 0 unspecified atom stereocenters. The smallest absolute Gasteiger partial charge is 0.325 e. The lowest BCUT2D eigenvalue weighted by Crippen LogP contribution is -2.16. The number of esters is 1. The number of ether oxygens (including phenoxy) is 1. The normalized spacial score (nSPS) is 9.57. The number of aromatic nitrogens is 1. The summed E-state index contributed by atoms with van der Waals surface area (Å²) in [7, 11) is 0. The largest absolute Gasteiger partial charge is 0.465 e. The fourth-order valence-corrected chi connectivity index (χ4v) is 1.08. The van der Waals surface area contributed by atoms with E-state index in [1.165, 1.54) is 6.20 Å². The average Bonchev–Trinajstić information content (AvgIpc) is 2.17. The summed E-state index contributed by atoms with van der Waals surface area (Å²) in [5, 5.41) is 3.33. The van der Waals surface area contributed by atoms with Gasteiger partial charge in [-0.05, 0) is 13.0 Å². The number of carbonyl (C=O) groups excluding carboxylic acids is 1. The second kappa shape index (κ2) is 5.44. The maximum Gasteiger partial charge on any atom is 0.325 e. The molecule has 0 bridgehead atoms. The second-order valence-corrected chi connectivity index (χ2v) is 2.92. The van der Waals surface area contributed by atoms with Gasteiger partial charge in [0.15, 0.2) is 0 Å². The molecule has 1 heterocycles. The van der Waals surface area contributed by atoms with Crippen molar-refractivity contribution in [2.24, 2.45) is 0 Å². The molecule has 0 fully saturated rings. The molecule has 0 aliphatic carbocycles. The quantitative estimate of drug-likeness (QED) is 0.776. The number of pyridine rings is 1. The molecule has 1 aromatic rings. The molecule has 4 nitrogen and oxygen atoms in total. The van der Waals surface area contributed by atoms with Crippen LogP contribution in [-0.4, -0.2) is 24.1 Å². The fourth-order valence-electron chi connectivity index (χ4n) is 0.898. The summed E-state index contributed by atoms with van der Waals surface area (Å²) in [6, 6.07) is 1.70. The Morgan fingerprint density at radius 1 is 1.71 bits per heavy atom. The Hall–Kier alpha value is -1.29. The molecule has 5 heteroatoms. The van der Waals surface area contributed by atoms with Crippen LogP contribution in [0.25, 0.3) is 0 Å². The minimum Gasteiger partial charge on any atom is -0.465 e. The van der Waals surface area contributed by atoms with Crippen LogP contribution in [0.4, 0.5) is 5.69 Å². The Morgan fingerprint density at radius 3 is 3.14 bits per heavy atom. The molecule has 0 saturated carbocycles. The predicted octanol–water partition coefficient (Wildman–Crippen LogP) is 1.71. The van der Waals surface area contributed by atoms with Crippen molar-refractivity contribution in [3.63, 3.8) is 0 Å². The third kappa shape index (κ3) is 3.22. The Balaban J connectivity index is 2.46. The van der Waals surface area contributed by atoms with E-state index in [9.17, 15) is 4.79 Å². The van der Waals surface area contributed by atoms with E-state index < -0.39 is 0 Å². The molecule has 1 rings (SSSR count). The Bertz CT molecular complexity index is 317. The fraction of sp³-hybridized carbons (Fsp3) is 0.333. The highest BCUT2D eigenvalue weighted by Gasteiger charge is 2.03. The summed E-state index contributed by atoms with van der Waals surface area (Å²) in [4.78, 5) is 14.8. The maximum absolute atomic E-state index is 11.0. The van der Waals surface area contributed by atoms with Gasteiger partial charge in [0.2, 0.25) is 0 Å². The Kier molecular flexibility index (Phi) is 4.19. The Morgan fingerprint density at radius 2 is 2.50 bits per heavy atom. The third-order valence-corrected chi connectivity index (χ3v) is 1.80. The van der Waals surface area contributed by atoms with Gasteiger partial charge in [-0.2, -0.15) is 0 Å². The zero-order valence-electron chi connectivity index (χ0n) is 7.79. The second-order valence-electron chi connectivity index (χ2n) is 2.51. The lowest BCUT2D eigenvalue weighted by molar-refractivity contribution is -0.140. The number of nitrogens with one attached hydrogen (secondary N) is 1. The summed E-state index contributed by atoms with van der Waals surface area (Å²) in [5.41, 5.74) is 0.676. The molecular weight excluding hydrogens is 204 g/mol. The SMILES string of the molecule is CCOC(=O)CNc1ccncc1Cl. The monoisotopic (exact) mass is 214 g/mol.